The van der Waals surface area contributed by atoms with Gasteiger partial charge >= 0.3 is 0 Å². The van der Waals surface area contributed by atoms with Crippen molar-refractivity contribution in [3.63, 3.8) is 0 Å². The molecule has 1 N–H and O–H groups in total. The Kier molecular flexibility index (Phi) is 3.54. The highest BCUT2D eigenvalue weighted by Crippen LogP contribution is 2.26. The molecule has 0 aliphatic heterocycles. The number of halogens is 1. The molecule has 0 aliphatic rings. The predicted octanol–water partition coefficient (Wildman–Crippen LogP) is 3.35. The molecule has 88 valence electrons. The topological polar surface area (TPSA) is 29.1 Å². The van der Waals surface area contributed by atoms with Gasteiger partial charge in [0.15, 0.2) is 0 Å². The lowest BCUT2D eigenvalue weighted by atomic mass is 10.2. The fourth-order valence-corrected chi connectivity index (χ4v) is 2.46. The maximum absolute atomic E-state index is 13.0. The van der Waals surface area contributed by atoms with Gasteiger partial charge in [0.25, 0.3) is 5.91 Å². The molecule has 0 unspecified atom stereocenters. The summed E-state index contributed by atoms with van der Waals surface area (Å²) in [4.78, 5) is 12.4. The molecule has 2 nitrogen and oxygen atoms in total. The highest BCUT2D eigenvalue weighted by Gasteiger charge is 2.09. The van der Waals surface area contributed by atoms with E-state index < -0.39 is 0 Å². The second kappa shape index (κ2) is 5.10. The zero-order valence-electron chi connectivity index (χ0n) is 9.20. The van der Waals surface area contributed by atoms with Crippen LogP contribution in [0.5, 0.6) is 0 Å². The van der Waals surface area contributed by atoms with Gasteiger partial charge in [-0.1, -0.05) is 6.08 Å². The Morgan fingerprint density at radius 1 is 1.47 bits per heavy atom. The van der Waals surface area contributed by atoms with Crippen molar-refractivity contribution >= 4 is 27.3 Å². The number of rotatable bonds is 4. The predicted molar refractivity (Wildman–Crippen MR) is 68.9 cm³/mol. The van der Waals surface area contributed by atoms with Gasteiger partial charge < -0.3 is 5.32 Å². The van der Waals surface area contributed by atoms with Gasteiger partial charge in [0.1, 0.15) is 5.82 Å². The normalized spacial score (nSPS) is 10.4. The van der Waals surface area contributed by atoms with Crippen molar-refractivity contribution in [1.82, 2.24) is 5.32 Å². The van der Waals surface area contributed by atoms with Gasteiger partial charge in [-0.3, -0.25) is 4.79 Å². The average Bonchev–Trinajstić information content (AvgIpc) is 2.72. The average molecular weight is 249 g/mol. The first kappa shape index (κ1) is 11.8. The van der Waals surface area contributed by atoms with Crippen LogP contribution < -0.4 is 5.32 Å². The smallest absolute Gasteiger partial charge is 0.261 e. The Morgan fingerprint density at radius 3 is 3.06 bits per heavy atom. The molecule has 2 rings (SSSR count). The van der Waals surface area contributed by atoms with E-state index in [4.69, 9.17) is 0 Å². The minimum atomic E-state index is -0.283. The molecular formula is C13H12FNOS. The van der Waals surface area contributed by atoms with Crippen LogP contribution in [-0.2, 0) is 0 Å². The Balaban J connectivity index is 2.18. The first-order valence-electron chi connectivity index (χ1n) is 5.29. The number of thiophene rings is 1. The number of nitrogens with one attached hydrogen (secondary N) is 1. The van der Waals surface area contributed by atoms with E-state index in [2.05, 4.69) is 11.9 Å². The SMILES string of the molecule is C=CCCNC(=O)c1cc2cc(F)ccc2s1. The van der Waals surface area contributed by atoms with E-state index in [0.29, 0.717) is 11.4 Å². The Morgan fingerprint density at radius 2 is 2.29 bits per heavy atom. The zero-order chi connectivity index (χ0) is 12.3. The summed E-state index contributed by atoms with van der Waals surface area (Å²) < 4.78 is 13.9. The van der Waals surface area contributed by atoms with E-state index in [1.165, 1.54) is 23.5 Å². The maximum Gasteiger partial charge on any atom is 0.261 e. The molecule has 0 saturated heterocycles. The highest BCUT2D eigenvalue weighted by molar-refractivity contribution is 7.20. The van der Waals surface area contributed by atoms with E-state index >= 15 is 0 Å². The van der Waals surface area contributed by atoms with Crippen LogP contribution >= 0.6 is 11.3 Å². The molecule has 0 atom stereocenters. The summed E-state index contributed by atoms with van der Waals surface area (Å²) in [6.45, 7) is 4.16. The van der Waals surface area contributed by atoms with Crippen LogP contribution in [0, 0.1) is 5.82 Å². The summed E-state index contributed by atoms with van der Waals surface area (Å²) in [5.41, 5.74) is 0. The largest absolute Gasteiger partial charge is 0.351 e. The van der Waals surface area contributed by atoms with Crippen LogP contribution in [0.15, 0.2) is 36.9 Å². The van der Waals surface area contributed by atoms with Crippen molar-refractivity contribution in [1.29, 1.82) is 0 Å². The molecule has 2 aromatic rings. The van der Waals surface area contributed by atoms with E-state index in [-0.39, 0.29) is 11.7 Å². The number of hydrogen-bond acceptors (Lipinski definition) is 2. The molecule has 1 aromatic carbocycles. The molecule has 0 spiro atoms. The van der Waals surface area contributed by atoms with Crippen LogP contribution in [-0.4, -0.2) is 12.5 Å². The highest BCUT2D eigenvalue weighted by atomic mass is 32.1. The lowest BCUT2D eigenvalue weighted by molar-refractivity contribution is 0.0958. The molecule has 0 fully saturated rings. The summed E-state index contributed by atoms with van der Waals surface area (Å²) in [5, 5.41) is 3.55. The number of benzene rings is 1. The van der Waals surface area contributed by atoms with Crippen molar-refractivity contribution < 1.29 is 9.18 Å². The Bertz CT molecular complexity index is 562. The summed E-state index contributed by atoms with van der Waals surface area (Å²) in [6, 6.07) is 6.24. The third-order valence-electron chi connectivity index (χ3n) is 2.34. The van der Waals surface area contributed by atoms with E-state index in [1.807, 2.05) is 0 Å². The number of carbonyl (C=O) groups is 1. The second-order valence-corrected chi connectivity index (χ2v) is 4.71. The van der Waals surface area contributed by atoms with Gasteiger partial charge in [0.2, 0.25) is 0 Å². The summed E-state index contributed by atoms with van der Waals surface area (Å²) >= 11 is 1.37. The van der Waals surface area contributed by atoms with Crippen LogP contribution in [0.3, 0.4) is 0 Å². The molecule has 17 heavy (non-hydrogen) atoms. The van der Waals surface area contributed by atoms with Crippen LogP contribution in [0.25, 0.3) is 10.1 Å². The van der Waals surface area contributed by atoms with Gasteiger partial charge in [-0.25, -0.2) is 4.39 Å². The van der Waals surface area contributed by atoms with Crippen molar-refractivity contribution in [2.45, 2.75) is 6.42 Å². The molecular weight excluding hydrogens is 237 g/mol. The lowest BCUT2D eigenvalue weighted by Crippen LogP contribution is -2.22. The van der Waals surface area contributed by atoms with Gasteiger partial charge in [0, 0.05) is 11.2 Å². The quantitative estimate of drug-likeness (QED) is 0.653. The first-order valence-corrected chi connectivity index (χ1v) is 6.10. The van der Waals surface area contributed by atoms with Crippen molar-refractivity contribution in [2.75, 3.05) is 6.54 Å². The molecule has 1 heterocycles. The molecule has 1 amide bonds. The van der Waals surface area contributed by atoms with Gasteiger partial charge in [-0.05, 0) is 36.1 Å². The molecule has 0 radical (unpaired) electrons. The maximum atomic E-state index is 13.0. The number of carbonyl (C=O) groups excluding carboxylic acids is 1. The number of hydrogen-bond donors (Lipinski definition) is 1. The number of amides is 1. The number of fused-ring (bicyclic) bond motifs is 1. The minimum Gasteiger partial charge on any atom is -0.351 e. The summed E-state index contributed by atoms with van der Waals surface area (Å²) in [5.74, 6) is -0.401. The fraction of sp³-hybridized carbons (Fsp3) is 0.154. The fourth-order valence-electron chi connectivity index (χ4n) is 1.50. The van der Waals surface area contributed by atoms with Crippen molar-refractivity contribution in [3.05, 3.63) is 47.6 Å². The minimum absolute atomic E-state index is 0.117. The van der Waals surface area contributed by atoms with Crippen molar-refractivity contribution in [3.8, 4) is 0 Å². The summed E-state index contributed by atoms with van der Waals surface area (Å²) in [7, 11) is 0. The standard InChI is InChI=1S/C13H12FNOS/c1-2-3-6-15-13(16)12-8-9-7-10(14)4-5-11(9)17-12/h2,4-5,7-8H,1,3,6H2,(H,15,16). The Labute approximate surface area is 103 Å². The monoisotopic (exact) mass is 249 g/mol. The van der Waals surface area contributed by atoms with Crippen LogP contribution in [0.4, 0.5) is 4.39 Å². The third-order valence-corrected chi connectivity index (χ3v) is 3.45. The first-order chi connectivity index (χ1) is 8.20. The third kappa shape index (κ3) is 2.71. The van der Waals surface area contributed by atoms with Gasteiger partial charge in [0.05, 0.1) is 4.88 Å². The van der Waals surface area contributed by atoms with Crippen molar-refractivity contribution in [2.24, 2.45) is 0 Å². The van der Waals surface area contributed by atoms with Crippen LogP contribution in [0.1, 0.15) is 16.1 Å². The lowest BCUT2D eigenvalue weighted by Gasteiger charge is -1.99. The Hall–Kier alpha value is -1.68. The summed E-state index contributed by atoms with van der Waals surface area (Å²) in [6.07, 6.45) is 2.49. The van der Waals surface area contributed by atoms with E-state index in [1.54, 1.807) is 18.2 Å². The molecule has 4 heteroatoms. The van der Waals surface area contributed by atoms with E-state index in [0.717, 1.165) is 16.5 Å². The van der Waals surface area contributed by atoms with E-state index in [9.17, 15) is 9.18 Å². The van der Waals surface area contributed by atoms with Gasteiger partial charge in [-0.2, -0.15) is 0 Å². The molecule has 0 saturated carbocycles. The van der Waals surface area contributed by atoms with Crippen LogP contribution in [0.2, 0.25) is 0 Å². The second-order valence-electron chi connectivity index (χ2n) is 3.63. The zero-order valence-corrected chi connectivity index (χ0v) is 10.0. The molecule has 0 bridgehead atoms. The molecule has 1 aromatic heterocycles. The van der Waals surface area contributed by atoms with Gasteiger partial charge in [-0.15, -0.1) is 17.9 Å². The molecule has 0 aliphatic carbocycles.